The van der Waals surface area contributed by atoms with Crippen LogP contribution in [-0.2, 0) is 6.54 Å². The molecule has 21 heavy (non-hydrogen) atoms. The Hall–Kier alpha value is -1.13. The van der Waals surface area contributed by atoms with E-state index in [1.807, 2.05) is 23.9 Å². The first kappa shape index (κ1) is 14.8. The molecule has 1 aliphatic carbocycles. The van der Waals surface area contributed by atoms with Crippen LogP contribution in [0.25, 0.3) is 0 Å². The molecule has 1 atom stereocenters. The molecule has 0 aliphatic heterocycles. The van der Waals surface area contributed by atoms with Crippen molar-refractivity contribution < 1.29 is 0 Å². The number of aromatic nitrogens is 2. The minimum atomic E-state index is 0.468. The van der Waals surface area contributed by atoms with Crippen LogP contribution in [0.15, 0.2) is 30.0 Å². The van der Waals surface area contributed by atoms with Crippen molar-refractivity contribution in [2.24, 2.45) is 5.92 Å². The van der Waals surface area contributed by atoms with E-state index in [4.69, 9.17) is 0 Å². The van der Waals surface area contributed by atoms with Gasteiger partial charge in [-0.15, -0.1) is 11.3 Å². The van der Waals surface area contributed by atoms with Crippen molar-refractivity contribution in [3.8, 4) is 0 Å². The molecular weight excluding hydrogens is 278 g/mol. The van der Waals surface area contributed by atoms with E-state index in [0.29, 0.717) is 12.1 Å². The molecule has 1 fully saturated rings. The Balaban J connectivity index is 1.71. The van der Waals surface area contributed by atoms with Crippen LogP contribution in [0.1, 0.15) is 62.2 Å². The zero-order valence-corrected chi connectivity index (χ0v) is 13.8. The first-order chi connectivity index (χ1) is 10.3. The van der Waals surface area contributed by atoms with Crippen molar-refractivity contribution in [1.82, 2.24) is 14.9 Å². The SMILES string of the molecule is CC(C)n1cncc1CNC(c1cccs1)C1CCCC1. The number of imidazole rings is 1. The molecule has 114 valence electrons. The summed E-state index contributed by atoms with van der Waals surface area (Å²) in [4.78, 5) is 5.79. The molecule has 0 spiro atoms. The molecule has 2 heterocycles. The monoisotopic (exact) mass is 303 g/mol. The maximum atomic E-state index is 4.31. The van der Waals surface area contributed by atoms with E-state index in [1.165, 1.54) is 36.3 Å². The second-order valence-corrected chi connectivity index (χ2v) is 7.28. The largest absolute Gasteiger partial charge is 0.331 e. The van der Waals surface area contributed by atoms with E-state index in [0.717, 1.165) is 12.5 Å². The smallest absolute Gasteiger partial charge is 0.0951 e. The van der Waals surface area contributed by atoms with Crippen LogP contribution < -0.4 is 5.32 Å². The minimum absolute atomic E-state index is 0.468. The van der Waals surface area contributed by atoms with Gasteiger partial charge in [0, 0.05) is 29.7 Å². The number of hydrogen-bond acceptors (Lipinski definition) is 3. The highest BCUT2D eigenvalue weighted by Gasteiger charge is 2.26. The normalized spacial score (nSPS) is 17.7. The summed E-state index contributed by atoms with van der Waals surface area (Å²) in [6.07, 6.45) is 9.43. The summed E-state index contributed by atoms with van der Waals surface area (Å²) >= 11 is 1.88. The molecule has 1 saturated carbocycles. The van der Waals surface area contributed by atoms with Gasteiger partial charge in [-0.1, -0.05) is 18.9 Å². The predicted molar refractivity (Wildman–Crippen MR) is 88.5 cm³/mol. The van der Waals surface area contributed by atoms with Crippen LogP contribution in [-0.4, -0.2) is 9.55 Å². The Morgan fingerprint density at radius 1 is 1.38 bits per heavy atom. The highest BCUT2D eigenvalue weighted by molar-refractivity contribution is 7.10. The minimum Gasteiger partial charge on any atom is -0.331 e. The lowest BCUT2D eigenvalue weighted by Crippen LogP contribution is -2.27. The third-order valence-corrected chi connectivity index (χ3v) is 5.48. The first-order valence-corrected chi connectivity index (χ1v) is 8.91. The third kappa shape index (κ3) is 3.38. The fraction of sp³-hybridized carbons (Fsp3) is 0.588. The summed E-state index contributed by atoms with van der Waals surface area (Å²) in [5.74, 6) is 0.791. The van der Waals surface area contributed by atoms with Crippen molar-refractivity contribution in [2.75, 3.05) is 0 Å². The summed E-state index contributed by atoms with van der Waals surface area (Å²) in [6, 6.07) is 5.42. The average Bonchev–Trinajstić information content (AvgIpc) is 3.22. The lowest BCUT2D eigenvalue weighted by Gasteiger charge is -2.24. The highest BCUT2D eigenvalue weighted by atomic mass is 32.1. The molecule has 1 N–H and O–H groups in total. The van der Waals surface area contributed by atoms with Gasteiger partial charge in [0.2, 0.25) is 0 Å². The zero-order chi connectivity index (χ0) is 14.7. The molecule has 2 aromatic heterocycles. The van der Waals surface area contributed by atoms with Crippen LogP contribution in [0.2, 0.25) is 0 Å². The molecule has 0 aromatic carbocycles. The van der Waals surface area contributed by atoms with E-state index in [2.05, 4.69) is 46.2 Å². The zero-order valence-electron chi connectivity index (χ0n) is 13.0. The molecule has 3 rings (SSSR count). The Bertz CT molecular complexity index is 538. The lowest BCUT2D eigenvalue weighted by molar-refractivity contribution is 0.365. The maximum absolute atomic E-state index is 4.31. The summed E-state index contributed by atoms with van der Waals surface area (Å²) in [5.41, 5.74) is 1.28. The summed E-state index contributed by atoms with van der Waals surface area (Å²) in [7, 11) is 0. The van der Waals surface area contributed by atoms with Crippen molar-refractivity contribution in [3.63, 3.8) is 0 Å². The molecule has 1 aliphatic rings. The molecule has 0 bridgehead atoms. The molecule has 3 nitrogen and oxygen atoms in total. The van der Waals surface area contributed by atoms with Gasteiger partial charge in [-0.05, 0) is 44.1 Å². The van der Waals surface area contributed by atoms with E-state index in [9.17, 15) is 0 Å². The van der Waals surface area contributed by atoms with E-state index < -0.39 is 0 Å². The van der Waals surface area contributed by atoms with Gasteiger partial charge in [0.05, 0.1) is 12.0 Å². The van der Waals surface area contributed by atoms with Gasteiger partial charge < -0.3 is 9.88 Å². The number of nitrogens with zero attached hydrogens (tertiary/aromatic N) is 2. The van der Waals surface area contributed by atoms with Crippen molar-refractivity contribution in [2.45, 2.75) is 58.2 Å². The molecule has 1 unspecified atom stereocenters. The summed E-state index contributed by atoms with van der Waals surface area (Å²) in [5, 5.41) is 6.00. The van der Waals surface area contributed by atoms with E-state index in [-0.39, 0.29) is 0 Å². The number of nitrogens with one attached hydrogen (secondary N) is 1. The average molecular weight is 303 g/mol. The predicted octanol–water partition coefficient (Wildman–Crippen LogP) is 4.55. The van der Waals surface area contributed by atoms with E-state index in [1.54, 1.807) is 0 Å². The second kappa shape index (κ2) is 6.75. The Morgan fingerprint density at radius 3 is 2.86 bits per heavy atom. The van der Waals surface area contributed by atoms with Crippen molar-refractivity contribution in [1.29, 1.82) is 0 Å². The third-order valence-electron chi connectivity index (χ3n) is 4.53. The Kier molecular flexibility index (Phi) is 4.76. The second-order valence-electron chi connectivity index (χ2n) is 6.30. The molecule has 0 amide bonds. The topological polar surface area (TPSA) is 29.9 Å². The fourth-order valence-electron chi connectivity index (χ4n) is 3.41. The van der Waals surface area contributed by atoms with Gasteiger partial charge in [0.25, 0.3) is 0 Å². The van der Waals surface area contributed by atoms with Gasteiger partial charge in [-0.25, -0.2) is 4.98 Å². The number of rotatable bonds is 6. The number of thiophene rings is 1. The van der Waals surface area contributed by atoms with Gasteiger partial charge >= 0.3 is 0 Å². The van der Waals surface area contributed by atoms with Crippen LogP contribution in [0.3, 0.4) is 0 Å². The molecular formula is C17H25N3S. The molecule has 4 heteroatoms. The Labute approximate surface area is 131 Å². The quantitative estimate of drug-likeness (QED) is 0.848. The van der Waals surface area contributed by atoms with Gasteiger partial charge in [-0.2, -0.15) is 0 Å². The first-order valence-electron chi connectivity index (χ1n) is 8.03. The van der Waals surface area contributed by atoms with Crippen molar-refractivity contribution >= 4 is 11.3 Å². The molecule has 2 aromatic rings. The van der Waals surface area contributed by atoms with Gasteiger partial charge in [-0.3, -0.25) is 0 Å². The number of hydrogen-bond donors (Lipinski definition) is 1. The molecule has 0 radical (unpaired) electrons. The van der Waals surface area contributed by atoms with Gasteiger partial charge in [0.15, 0.2) is 0 Å². The maximum Gasteiger partial charge on any atom is 0.0951 e. The fourth-order valence-corrected chi connectivity index (χ4v) is 4.30. The van der Waals surface area contributed by atoms with Crippen LogP contribution >= 0.6 is 11.3 Å². The van der Waals surface area contributed by atoms with Crippen LogP contribution in [0.4, 0.5) is 0 Å². The van der Waals surface area contributed by atoms with E-state index >= 15 is 0 Å². The summed E-state index contributed by atoms with van der Waals surface area (Å²) in [6.45, 7) is 5.31. The van der Waals surface area contributed by atoms with Gasteiger partial charge in [0.1, 0.15) is 0 Å². The van der Waals surface area contributed by atoms with Crippen molar-refractivity contribution in [3.05, 3.63) is 40.6 Å². The van der Waals surface area contributed by atoms with Crippen LogP contribution in [0, 0.1) is 5.92 Å². The lowest BCUT2D eigenvalue weighted by atomic mass is 9.96. The summed E-state index contributed by atoms with van der Waals surface area (Å²) < 4.78 is 2.26. The van der Waals surface area contributed by atoms with Crippen LogP contribution in [0.5, 0.6) is 0 Å². The molecule has 0 saturated heterocycles. The highest BCUT2D eigenvalue weighted by Crippen LogP contribution is 2.37. The Morgan fingerprint density at radius 2 is 2.19 bits per heavy atom. The standard InChI is InChI=1S/C17H25N3S/c1-13(2)20-12-18-10-15(20)11-19-17(14-6-3-4-7-14)16-8-5-9-21-16/h5,8-10,12-14,17,19H,3-4,6-7,11H2,1-2H3.